The zero-order valence-electron chi connectivity index (χ0n) is 12.4. The highest BCUT2D eigenvalue weighted by atomic mass is 16.3. The zero-order chi connectivity index (χ0) is 14.9. The van der Waals surface area contributed by atoms with E-state index in [9.17, 15) is 0 Å². The maximum Gasteiger partial charge on any atom is 0.177 e. The van der Waals surface area contributed by atoms with Crippen molar-refractivity contribution in [3.05, 3.63) is 78.1 Å². The largest absolute Gasteiger partial charge is 0.461 e. The van der Waals surface area contributed by atoms with Crippen LogP contribution < -0.4 is 0 Å². The van der Waals surface area contributed by atoms with E-state index >= 15 is 0 Å². The Morgan fingerprint density at radius 1 is 0.955 bits per heavy atom. The van der Waals surface area contributed by atoms with Crippen LogP contribution in [-0.2, 0) is 6.54 Å². The molecule has 0 radical (unpaired) electrons. The van der Waals surface area contributed by atoms with Gasteiger partial charge in [0.05, 0.1) is 23.8 Å². The molecule has 2 aromatic carbocycles. The van der Waals surface area contributed by atoms with Gasteiger partial charge in [0.15, 0.2) is 11.6 Å². The summed E-state index contributed by atoms with van der Waals surface area (Å²) in [7, 11) is 0. The van der Waals surface area contributed by atoms with Gasteiger partial charge in [-0.3, -0.25) is 0 Å². The minimum absolute atomic E-state index is 0.781. The Morgan fingerprint density at radius 2 is 1.77 bits per heavy atom. The van der Waals surface area contributed by atoms with Gasteiger partial charge in [0.1, 0.15) is 0 Å². The number of imidazole rings is 1. The lowest BCUT2D eigenvalue weighted by Crippen LogP contribution is -2.03. The van der Waals surface area contributed by atoms with Crippen LogP contribution in [0.25, 0.3) is 22.6 Å². The van der Waals surface area contributed by atoms with Crippen LogP contribution in [0.1, 0.15) is 11.1 Å². The Balaban J connectivity index is 1.91. The van der Waals surface area contributed by atoms with Crippen molar-refractivity contribution in [1.82, 2.24) is 9.55 Å². The van der Waals surface area contributed by atoms with E-state index in [1.165, 1.54) is 11.1 Å². The number of aryl methyl sites for hydroxylation is 1. The number of para-hydroxylation sites is 2. The standard InChI is InChI=1S/C19H16N2O/c1-14-7-2-3-8-15(14)13-21-17-10-5-4-9-16(17)20-19(21)18-11-6-12-22-18/h2-12H,13H2,1H3. The van der Waals surface area contributed by atoms with Gasteiger partial charge in [0.2, 0.25) is 0 Å². The fraction of sp³-hybridized carbons (Fsp3) is 0.105. The highest BCUT2D eigenvalue weighted by molar-refractivity contribution is 5.79. The summed E-state index contributed by atoms with van der Waals surface area (Å²) in [6, 6.07) is 20.5. The van der Waals surface area contributed by atoms with Crippen molar-refractivity contribution in [3.63, 3.8) is 0 Å². The van der Waals surface area contributed by atoms with E-state index in [0.29, 0.717) is 0 Å². The number of aromatic nitrogens is 2. The van der Waals surface area contributed by atoms with Crippen LogP contribution in [0, 0.1) is 6.92 Å². The van der Waals surface area contributed by atoms with E-state index in [-0.39, 0.29) is 0 Å². The molecule has 0 saturated carbocycles. The molecule has 0 aliphatic carbocycles. The van der Waals surface area contributed by atoms with Crippen LogP contribution in [0.15, 0.2) is 71.3 Å². The molecule has 4 aromatic rings. The first-order valence-electron chi connectivity index (χ1n) is 7.36. The molecule has 4 rings (SSSR count). The lowest BCUT2D eigenvalue weighted by molar-refractivity contribution is 0.572. The predicted molar refractivity (Wildman–Crippen MR) is 87.7 cm³/mol. The molecule has 3 heteroatoms. The zero-order valence-corrected chi connectivity index (χ0v) is 12.4. The molecule has 22 heavy (non-hydrogen) atoms. The number of rotatable bonds is 3. The van der Waals surface area contributed by atoms with Crippen molar-refractivity contribution in [1.29, 1.82) is 0 Å². The summed E-state index contributed by atoms with van der Waals surface area (Å²) in [5.74, 6) is 1.67. The van der Waals surface area contributed by atoms with Crippen molar-refractivity contribution in [2.24, 2.45) is 0 Å². The normalized spacial score (nSPS) is 11.1. The van der Waals surface area contributed by atoms with Gasteiger partial charge in [0, 0.05) is 0 Å². The van der Waals surface area contributed by atoms with Crippen molar-refractivity contribution in [2.45, 2.75) is 13.5 Å². The third-order valence-electron chi connectivity index (χ3n) is 3.99. The van der Waals surface area contributed by atoms with Gasteiger partial charge in [-0.25, -0.2) is 4.98 Å². The van der Waals surface area contributed by atoms with E-state index in [4.69, 9.17) is 9.40 Å². The molecule has 0 unspecified atom stereocenters. The van der Waals surface area contributed by atoms with Crippen LogP contribution in [0.4, 0.5) is 0 Å². The molecule has 2 aromatic heterocycles. The fourth-order valence-corrected chi connectivity index (χ4v) is 2.79. The molecule has 0 aliphatic heterocycles. The molecule has 0 atom stereocenters. The highest BCUT2D eigenvalue weighted by Crippen LogP contribution is 2.26. The number of hydrogen-bond donors (Lipinski definition) is 0. The van der Waals surface area contributed by atoms with Gasteiger partial charge >= 0.3 is 0 Å². The first-order chi connectivity index (χ1) is 10.8. The lowest BCUT2D eigenvalue weighted by Gasteiger charge is -2.10. The van der Waals surface area contributed by atoms with Gasteiger partial charge < -0.3 is 8.98 Å². The highest BCUT2D eigenvalue weighted by Gasteiger charge is 2.15. The third-order valence-corrected chi connectivity index (χ3v) is 3.99. The smallest absolute Gasteiger partial charge is 0.177 e. The summed E-state index contributed by atoms with van der Waals surface area (Å²) in [6.07, 6.45) is 1.69. The van der Waals surface area contributed by atoms with Crippen molar-refractivity contribution in [2.75, 3.05) is 0 Å². The molecule has 0 fully saturated rings. The van der Waals surface area contributed by atoms with Crippen LogP contribution in [0.3, 0.4) is 0 Å². The fourth-order valence-electron chi connectivity index (χ4n) is 2.79. The van der Waals surface area contributed by atoms with Crippen LogP contribution in [0.5, 0.6) is 0 Å². The number of benzene rings is 2. The minimum Gasteiger partial charge on any atom is -0.461 e. The quantitative estimate of drug-likeness (QED) is 0.549. The van der Waals surface area contributed by atoms with Gasteiger partial charge in [-0.15, -0.1) is 0 Å². The Bertz CT molecular complexity index is 920. The summed E-state index contributed by atoms with van der Waals surface area (Å²) in [6.45, 7) is 2.92. The maximum atomic E-state index is 5.57. The molecule has 2 heterocycles. The molecule has 3 nitrogen and oxygen atoms in total. The Hall–Kier alpha value is -2.81. The molecular weight excluding hydrogens is 272 g/mol. The number of hydrogen-bond acceptors (Lipinski definition) is 2. The molecule has 0 amide bonds. The second-order valence-electron chi connectivity index (χ2n) is 5.41. The van der Waals surface area contributed by atoms with E-state index in [1.807, 2.05) is 30.3 Å². The Kier molecular flexibility index (Phi) is 3.04. The summed E-state index contributed by atoms with van der Waals surface area (Å²) < 4.78 is 7.79. The second-order valence-corrected chi connectivity index (χ2v) is 5.41. The SMILES string of the molecule is Cc1ccccc1Cn1c(-c2ccco2)nc2ccccc21. The average molecular weight is 288 g/mol. The van der Waals surface area contributed by atoms with Gasteiger partial charge in [0.25, 0.3) is 0 Å². The van der Waals surface area contributed by atoms with Crippen LogP contribution >= 0.6 is 0 Å². The lowest BCUT2D eigenvalue weighted by atomic mass is 10.1. The van der Waals surface area contributed by atoms with E-state index in [2.05, 4.69) is 41.8 Å². The third kappa shape index (κ3) is 2.11. The Morgan fingerprint density at radius 3 is 2.59 bits per heavy atom. The number of nitrogens with zero attached hydrogens (tertiary/aromatic N) is 2. The van der Waals surface area contributed by atoms with Crippen LogP contribution in [0.2, 0.25) is 0 Å². The topological polar surface area (TPSA) is 31.0 Å². The summed E-state index contributed by atoms with van der Waals surface area (Å²) in [5, 5.41) is 0. The summed E-state index contributed by atoms with van der Waals surface area (Å²) in [4.78, 5) is 4.75. The molecule has 0 bridgehead atoms. The average Bonchev–Trinajstić information content (AvgIpc) is 3.17. The number of furan rings is 1. The number of fused-ring (bicyclic) bond motifs is 1. The monoisotopic (exact) mass is 288 g/mol. The first-order valence-corrected chi connectivity index (χ1v) is 7.36. The second kappa shape index (κ2) is 5.19. The molecule has 0 spiro atoms. The Labute approximate surface area is 128 Å². The summed E-state index contributed by atoms with van der Waals surface area (Å²) >= 11 is 0. The first kappa shape index (κ1) is 12.9. The van der Waals surface area contributed by atoms with Crippen LogP contribution in [-0.4, -0.2) is 9.55 Å². The van der Waals surface area contributed by atoms with Crippen molar-refractivity contribution in [3.8, 4) is 11.6 Å². The van der Waals surface area contributed by atoms with E-state index in [0.717, 1.165) is 29.2 Å². The molecule has 0 aliphatic rings. The predicted octanol–water partition coefficient (Wildman–Crippen LogP) is 4.65. The van der Waals surface area contributed by atoms with E-state index < -0.39 is 0 Å². The van der Waals surface area contributed by atoms with E-state index in [1.54, 1.807) is 6.26 Å². The van der Waals surface area contributed by atoms with Crippen molar-refractivity contribution >= 4 is 11.0 Å². The molecule has 0 N–H and O–H groups in total. The van der Waals surface area contributed by atoms with Gasteiger partial charge in [-0.05, 0) is 42.3 Å². The minimum atomic E-state index is 0.781. The van der Waals surface area contributed by atoms with Gasteiger partial charge in [-0.2, -0.15) is 0 Å². The summed E-state index contributed by atoms with van der Waals surface area (Å²) in [5.41, 5.74) is 4.68. The van der Waals surface area contributed by atoms with Crippen molar-refractivity contribution < 1.29 is 4.42 Å². The maximum absolute atomic E-state index is 5.57. The molecule has 108 valence electrons. The van der Waals surface area contributed by atoms with Gasteiger partial charge in [-0.1, -0.05) is 36.4 Å². The molecular formula is C19H16N2O. The molecule has 0 saturated heterocycles.